The Morgan fingerprint density at radius 1 is 0.939 bits per heavy atom. The SMILES string of the molecule is CC(=O)N[C@@H]1[C@@H](Oc2ccccc2C(=O)O)O[C@@H](COC(C)=O)[C@@H](OC(C)=O)[C@@H]1OC(C)=O. The zero-order valence-corrected chi connectivity index (χ0v) is 18.4. The lowest BCUT2D eigenvalue weighted by Gasteiger charge is -2.44. The van der Waals surface area contributed by atoms with Gasteiger partial charge in [0.15, 0.2) is 12.2 Å². The van der Waals surface area contributed by atoms with Crippen molar-refractivity contribution < 1.29 is 52.8 Å². The summed E-state index contributed by atoms with van der Waals surface area (Å²) in [6.45, 7) is 4.18. The normalized spacial score (nSPS) is 24.2. The molecule has 1 aliphatic rings. The molecule has 0 saturated carbocycles. The first kappa shape index (κ1) is 25.6. The van der Waals surface area contributed by atoms with Crippen molar-refractivity contribution in [3.8, 4) is 5.75 Å². The van der Waals surface area contributed by atoms with Crippen LogP contribution in [0.25, 0.3) is 0 Å². The molecule has 1 heterocycles. The number of nitrogens with one attached hydrogen (secondary N) is 1. The highest BCUT2D eigenvalue weighted by Crippen LogP contribution is 2.30. The quantitative estimate of drug-likeness (QED) is 0.402. The van der Waals surface area contributed by atoms with E-state index < -0.39 is 67.0 Å². The van der Waals surface area contributed by atoms with Gasteiger partial charge in [-0.1, -0.05) is 12.1 Å². The summed E-state index contributed by atoms with van der Waals surface area (Å²) in [6.07, 6.45) is -5.18. The number of benzene rings is 1. The van der Waals surface area contributed by atoms with Crippen LogP contribution in [0.4, 0.5) is 0 Å². The number of hydrogen-bond donors (Lipinski definition) is 2. The molecular weight excluding hydrogens is 442 g/mol. The fraction of sp³-hybridized carbons (Fsp3) is 0.476. The number of carbonyl (C=O) groups is 5. The first-order valence-corrected chi connectivity index (χ1v) is 9.89. The van der Waals surface area contributed by atoms with E-state index in [1.807, 2.05) is 0 Å². The van der Waals surface area contributed by atoms with Gasteiger partial charge in [-0.3, -0.25) is 19.2 Å². The van der Waals surface area contributed by atoms with Crippen molar-refractivity contribution in [3.05, 3.63) is 29.8 Å². The van der Waals surface area contributed by atoms with Crippen molar-refractivity contribution >= 4 is 29.8 Å². The minimum Gasteiger partial charge on any atom is -0.478 e. The Labute approximate surface area is 189 Å². The first-order valence-electron chi connectivity index (χ1n) is 9.89. The Morgan fingerprint density at radius 3 is 2.09 bits per heavy atom. The summed E-state index contributed by atoms with van der Waals surface area (Å²) in [4.78, 5) is 58.4. The maximum absolute atomic E-state index is 11.9. The van der Waals surface area contributed by atoms with Gasteiger partial charge in [0.05, 0.1) is 0 Å². The molecule has 12 nitrogen and oxygen atoms in total. The smallest absolute Gasteiger partial charge is 0.339 e. The summed E-state index contributed by atoms with van der Waals surface area (Å²) in [5, 5.41) is 12.0. The third-order valence-corrected chi connectivity index (χ3v) is 4.43. The molecule has 0 bridgehead atoms. The molecule has 12 heteroatoms. The van der Waals surface area contributed by atoms with Gasteiger partial charge in [0, 0.05) is 27.7 Å². The number of carboxylic acid groups (broad SMARTS) is 1. The topological polar surface area (TPSA) is 164 Å². The number of carbonyl (C=O) groups excluding carboxylic acids is 4. The molecular formula is C21H25NO11. The third kappa shape index (κ3) is 7.17. The Morgan fingerprint density at radius 2 is 1.55 bits per heavy atom. The van der Waals surface area contributed by atoms with Crippen LogP contribution in [0.15, 0.2) is 24.3 Å². The number of ether oxygens (including phenoxy) is 5. The fourth-order valence-electron chi connectivity index (χ4n) is 3.26. The van der Waals surface area contributed by atoms with E-state index in [2.05, 4.69) is 5.32 Å². The maximum atomic E-state index is 11.9. The van der Waals surface area contributed by atoms with Crippen LogP contribution in [0.3, 0.4) is 0 Å². The van der Waals surface area contributed by atoms with Gasteiger partial charge >= 0.3 is 23.9 Å². The molecule has 0 unspecified atom stereocenters. The number of para-hydroxylation sites is 1. The van der Waals surface area contributed by atoms with Gasteiger partial charge in [-0.15, -0.1) is 0 Å². The van der Waals surface area contributed by atoms with Crippen LogP contribution in [-0.4, -0.2) is 72.1 Å². The van der Waals surface area contributed by atoms with Crippen molar-refractivity contribution in [3.63, 3.8) is 0 Å². The van der Waals surface area contributed by atoms with E-state index in [-0.39, 0.29) is 11.3 Å². The molecule has 5 atom stereocenters. The van der Waals surface area contributed by atoms with Gasteiger partial charge in [-0.05, 0) is 12.1 Å². The molecule has 33 heavy (non-hydrogen) atoms. The summed E-state index contributed by atoms with van der Waals surface area (Å²) in [5.74, 6) is -4.08. The highest BCUT2D eigenvalue weighted by atomic mass is 16.7. The second-order valence-electron chi connectivity index (χ2n) is 7.14. The lowest BCUT2D eigenvalue weighted by Crippen LogP contribution is -2.67. The average Bonchev–Trinajstić information content (AvgIpc) is 2.70. The van der Waals surface area contributed by atoms with Crippen LogP contribution in [0.5, 0.6) is 5.75 Å². The molecule has 0 radical (unpaired) electrons. The summed E-state index contributed by atoms with van der Waals surface area (Å²) >= 11 is 0. The summed E-state index contributed by atoms with van der Waals surface area (Å²) < 4.78 is 27.2. The van der Waals surface area contributed by atoms with Crippen LogP contribution in [0.2, 0.25) is 0 Å². The third-order valence-electron chi connectivity index (χ3n) is 4.43. The van der Waals surface area contributed by atoms with Crippen LogP contribution < -0.4 is 10.1 Å². The highest BCUT2D eigenvalue weighted by Gasteiger charge is 2.52. The molecule has 0 aliphatic carbocycles. The van der Waals surface area contributed by atoms with E-state index in [1.165, 1.54) is 31.2 Å². The van der Waals surface area contributed by atoms with Crippen molar-refractivity contribution in [2.45, 2.75) is 58.3 Å². The van der Waals surface area contributed by atoms with E-state index in [1.54, 1.807) is 0 Å². The number of amides is 1. The fourth-order valence-corrected chi connectivity index (χ4v) is 3.26. The molecule has 2 N–H and O–H groups in total. The molecule has 180 valence electrons. The molecule has 1 saturated heterocycles. The second kappa shape index (κ2) is 11.3. The van der Waals surface area contributed by atoms with Crippen molar-refractivity contribution in [1.29, 1.82) is 0 Å². The lowest BCUT2D eigenvalue weighted by atomic mass is 9.96. The van der Waals surface area contributed by atoms with Gasteiger partial charge in [-0.25, -0.2) is 4.79 Å². The molecule has 2 rings (SSSR count). The number of carboxylic acids is 1. The van der Waals surface area contributed by atoms with Crippen molar-refractivity contribution in [1.82, 2.24) is 5.32 Å². The summed E-state index contributed by atoms with van der Waals surface area (Å²) in [7, 11) is 0. The predicted octanol–water partition coefficient (Wildman–Crippen LogP) is 0.420. The molecule has 1 aromatic carbocycles. The van der Waals surface area contributed by atoms with E-state index in [0.717, 1.165) is 20.8 Å². The van der Waals surface area contributed by atoms with E-state index >= 15 is 0 Å². The first-order chi connectivity index (χ1) is 15.5. The Kier molecular flexibility index (Phi) is 8.74. The largest absolute Gasteiger partial charge is 0.478 e. The van der Waals surface area contributed by atoms with E-state index in [9.17, 15) is 29.1 Å². The number of hydrogen-bond acceptors (Lipinski definition) is 10. The Hall–Kier alpha value is -3.67. The average molecular weight is 467 g/mol. The van der Waals surface area contributed by atoms with Crippen LogP contribution >= 0.6 is 0 Å². The van der Waals surface area contributed by atoms with Crippen LogP contribution in [-0.2, 0) is 38.1 Å². The van der Waals surface area contributed by atoms with Crippen LogP contribution in [0, 0.1) is 0 Å². The molecule has 0 aromatic heterocycles. The molecule has 1 aliphatic heterocycles. The van der Waals surface area contributed by atoms with E-state index in [0.29, 0.717) is 0 Å². The Bertz CT molecular complexity index is 915. The van der Waals surface area contributed by atoms with Crippen LogP contribution in [0.1, 0.15) is 38.1 Å². The van der Waals surface area contributed by atoms with Gasteiger partial charge in [0.1, 0.15) is 30.1 Å². The highest BCUT2D eigenvalue weighted by molar-refractivity contribution is 5.90. The van der Waals surface area contributed by atoms with Gasteiger partial charge < -0.3 is 34.1 Å². The lowest BCUT2D eigenvalue weighted by molar-refractivity contribution is -0.257. The zero-order valence-electron chi connectivity index (χ0n) is 18.4. The maximum Gasteiger partial charge on any atom is 0.339 e. The molecule has 1 aromatic rings. The monoisotopic (exact) mass is 467 g/mol. The van der Waals surface area contributed by atoms with Crippen molar-refractivity contribution in [2.75, 3.05) is 6.61 Å². The number of aromatic carboxylic acids is 1. The van der Waals surface area contributed by atoms with E-state index in [4.69, 9.17) is 23.7 Å². The molecule has 1 fully saturated rings. The standard InChI is InChI=1S/C21H25NO11/c1-10(23)22-17-19(31-13(4)26)18(30-12(3)25)16(9-29-11(2)24)33-21(17)32-15-8-6-5-7-14(15)20(27)28/h5-8,16-19,21H,9H2,1-4H3,(H,22,23)(H,27,28)/t16-,17-,18+,19+,21-/m0/s1. The zero-order chi connectivity index (χ0) is 24.7. The number of rotatable bonds is 8. The Balaban J connectivity index is 2.51. The van der Waals surface area contributed by atoms with Gasteiger partial charge in [-0.2, -0.15) is 0 Å². The summed E-state index contributed by atoms with van der Waals surface area (Å²) in [5.41, 5.74) is -0.189. The molecule has 0 spiro atoms. The van der Waals surface area contributed by atoms with Crippen molar-refractivity contribution in [2.24, 2.45) is 0 Å². The second-order valence-corrected chi connectivity index (χ2v) is 7.14. The van der Waals surface area contributed by atoms with Gasteiger partial charge in [0.25, 0.3) is 0 Å². The number of esters is 3. The predicted molar refractivity (Wildman–Crippen MR) is 108 cm³/mol. The minimum atomic E-state index is -1.41. The minimum absolute atomic E-state index is 0.0934. The molecule has 1 amide bonds. The van der Waals surface area contributed by atoms with Gasteiger partial charge in [0.2, 0.25) is 12.2 Å². The summed E-state index contributed by atoms with van der Waals surface area (Å²) in [6, 6.07) is 4.48.